The zero-order valence-corrected chi connectivity index (χ0v) is 8.18. The Kier molecular flexibility index (Phi) is 2.83. The molecular formula is C10H9ClO2. The van der Waals surface area contributed by atoms with E-state index in [0.717, 1.165) is 5.56 Å². The van der Waals surface area contributed by atoms with Gasteiger partial charge in [0.05, 0.1) is 5.02 Å². The van der Waals surface area contributed by atoms with Gasteiger partial charge in [-0.2, -0.15) is 0 Å². The smallest absolute Gasteiger partial charge is 0.161 e. The van der Waals surface area contributed by atoms with E-state index in [0.29, 0.717) is 17.4 Å². The fourth-order valence-electron chi connectivity index (χ4n) is 1.21. The lowest BCUT2D eigenvalue weighted by Crippen LogP contribution is -1.99. The molecule has 2 nitrogen and oxygen atoms in total. The van der Waals surface area contributed by atoms with E-state index in [1.54, 1.807) is 19.1 Å². The molecule has 13 heavy (non-hydrogen) atoms. The fraction of sp³-hybridized carbons (Fsp3) is 0.200. The molecular weight excluding hydrogens is 188 g/mol. The van der Waals surface area contributed by atoms with Crippen molar-refractivity contribution in [2.24, 2.45) is 0 Å². The van der Waals surface area contributed by atoms with Crippen molar-refractivity contribution < 1.29 is 9.59 Å². The first-order chi connectivity index (χ1) is 6.07. The highest BCUT2D eigenvalue weighted by atomic mass is 35.5. The van der Waals surface area contributed by atoms with Gasteiger partial charge >= 0.3 is 0 Å². The normalized spacial score (nSPS) is 9.77. The Morgan fingerprint density at radius 1 is 1.46 bits per heavy atom. The Labute approximate surface area is 81.5 Å². The predicted molar refractivity (Wildman–Crippen MR) is 51.6 cm³/mol. The summed E-state index contributed by atoms with van der Waals surface area (Å²) in [6.07, 6.45) is 0.647. The molecule has 0 saturated heterocycles. The molecule has 0 unspecified atom stereocenters. The number of Topliss-reactive ketones (excluding diaryl/α,β-unsaturated/α-hetero) is 1. The van der Waals surface area contributed by atoms with Crippen LogP contribution in [0.4, 0.5) is 0 Å². The number of carbonyl (C=O) groups excluding carboxylic acids is 2. The van der Waals surface area contributed by atoms with Crippen LogP contribution in [0.2, 0.25) is 5.02 Å². The van der Waals surface area contributed by atoms with Gasteiger partial charge in [-0.15, -0.1) is 0 Å². The lowest BCUT2D eigenvalue weighted by molar-refractivity contribution is 0.101. The standard InChI is InChI=1S/C10H9ClO2/c1-6-3-4-8(5-12)10(11)9(6)7(2)13/h3-5H,1-2H3. The zero-order valence-electron chi connectivity index (χ0n) is 7.43. The second-order valence-corrected chi connectivity index (χ2v) is 3.21. The molecule has 0 spiro atoms. The van der Waals surface area contributed by atoms with Crippen LogP contribution in [-0.2, 0) is 0 Å². The van der Waals surface area contributed by atoms with Crippen LogP contribution in [0.25, 0.3) is 0 Å². The van der Waals surface area contributed by atoms with Crippen molar-refractivity contribution in [3.63, 3.8) is 0 Å². The zero-order chi connectivity index (χ0) is 10.0. The van der Waals surface area contributed by atoms with E-state index >= 15 is 0 Å². The van der Waals surface area contributed by atoms with Crippen molar-refractivity contribution in [3.05, 3.63) is 33.8 Å². The maximum atomic E-state index is 11.2. The van der Waals surface area contributed by atoms with E-state index in [9.17, 15) is 9.59 Å². The van der Waals surface area contributed by atoms with Gasteiger partial charge in [-0.3, -0.25) is 9.59 Å². The molecule has 0 N–H and O–H groups in total. The number of aldehydes is 1. The number of rotatable bonds is 2. The second kappa shape index (κ2) is 3.71. The van der Waals surface area contributed by atoms with Crippen LogP contribution in [-0.4, -0.2) is 12.1 Å². The Bertz CT molecular complexity index is 369. The van der Waals surface area contributed by atoms with Gasteiger partial charge in [-0.05, 0) is 25.5 Å². The van der Waals surface area contributed by atoms with Gasteiger partial charge in [0.1, 0.15) is 0 Å². The summed E-state index contributed by atoms with van der Waals surface area (Å²) in [4.78, 5) is 21.7. The number of hydrogen-bond donors (Lipinski definition) is 0. The van der Waals surface area contributed by atoms with Gasteiger partial charge in [0, 0.05) is 11.1 Å². The molecule has 1 aromatic rings. The Hall–Kier alpha value is -1.15. The molecule has 0 saturated carbocycles. The first-order valence-corrected chi connectivity index (χ1v) is 4.21. The largest absolute Gasteiger partial charge is 0.298 e. The van der Waals surface area contributed by atoms with Crippen molar-refractivity contribution in [1.29, 1.82) is 0 Å². The number of aryl methyl sites for hydroxylation is 1. The number of halogens is 1. The molecule has 0 bridgehead atoms. The summed E-state index contributed by atoms with van der Waals surface area (Å²) in [6, 6.07) is 3.32. The third-order valence-electron chi connectivity index (χ3n) is 1.86. The van der Waals surface area contributed by atoms with E-state index in [-0.39, 0.29) is 10.8 Å². The minimum Gasteiger partial charge on any atom is -0.298 e. The van der Waals surface area contributed by atoms with Crippen LogP contribution >= 0.6 is 11.6 Å². The molecule has 0 heterocycles. The predicted octanol–water partition coefficient (Wildman–Crippen LogP) is 2.66. The lowest BCUT2D eigenvalue weighted by Gasteiger charge is -2.05. The monoisotopic (exact) mass is 196 g/mol. The highest BCUT2D eigenvalue weighted by Gasteiger charge is 2.12. The van der Waals surface area contributed by atoms with Crippen LogP contribution < -0.4 is 0 Å². The van der Waals surface area contributed by atoms with Crippen molar-refractivity contribution in [2.75, 3.05) is 0 Å². The second-order valence-electron chi connectivity index (χ2n) is 2.83. The van der Waals surface area contributed by atoms with Crippen molar-refractivity contribution in [1.82, 2.24) is 0 Å². The molecule has 0 radical (unpaired) electrons. The minimum absolute atomic E-state index is 0.119. The lowest BCUT2D eigenvalue weighted by atomic mass is 10.0. The van der Waals surface area contributed by atoms with Gasteiger partial charge < -0.3 is 0 Å². The van der Waals surface area contributed by atoms with E-state index in [1.807, 2.05) is 0 Å². The maximum Gasteiger partial charge on any atom is 0.161 e. The van der Waals surface area contributed by atoms with Gasteiger partial charge in [-0.25, -0.2) is 0 Å². The molecule has 0 aromatic heterocycles. The van der Waals surface area contributed by atoms with E-state index < -0.39 is 0 Å². The molecule has 68 valence electrons. The molecule has 1 aromatic carbocycles. The summed E-state index contributed by atoms with van der Waals surface area (Å²) in [5, 5.41) is 0.252. The summed E-state index contributed by atoms with van der Waals surface area (Å²) in [5.74, 6) is -0.119. The van der Waals surface area contributed by atoms with Gasteiger partial charge in [0.25, 0.3) is 0 Å². The fourth-order valence-corrected chi connectivity index (χ4v) is 1.60. The summed E-state index contributed by atoms with van der Waals surface area (Å²) in [7, 11) is 0. The summed E-state index contributed by atoms with van der Waals surface area (Å²) in [5.41, 5.74) is 1.59. The molecule has 0 aliphatic rings. The highest BCUT2D eigenvalue weighted by molar-refractivity contribution is 6.36. The minimum atomic E-state index is -0.119. The highest BCUT2D eigenvalue weighted by Crippen LogP contribution is 2.23. The topological polar surface area (TPSA) is 34.1 Å². The maximum absolute atomic E-state index is 11.2. The third kappa shape index (κ3) is 1.78. The first kappa shape index (κ1) is 9.93. The number of carbonyl (C=O) groups is 2. The van der Waals surface area contributed by atoms with Crippen LogP contribution in [0.3, 0.4) is 0 Å². The van der Waals surface area contributed by atoms with Crippen LogP contribution in [0.5, 0.6) is 0 Å². The molecule has 0 aliphatic carbocycles. The molecule has 0 atom stereocenters. The van der Waals surface area contributed by atoms with Crippen LogP contribution in [0.15, 0.2) is 12.1 Å². The van der Waals surface area contributed by atoms with E-state index in [1.165, 1.54) is 6.92 Å². The van der Waals surface area contributed by atoms with E-state index in [4.69, 9.17) is 11.6 Å². The number of benzene rings is 1. The van der Waals surface area contributed by atoms with Gasteiger partial charge in [0.2, 0.25) is 0 Å². The number of ketones is 1. The molecule has 3 heteroatoms. The summed E-state index contributed by atoms with van der Waals surface area (Å²) < 4.78 is 0. The molecule has 0 fully saturated rings. The summed E-state index contributed by atoms with van der Waals surface area (Å²) >= 11 is 5.86. The van der Waals surface area contributed by atoms with Crippen molar-refractivity contribution in [3.8, 4) is 0 Å². The van der Waals surface area contributed by atoms with Crippen molar-refractivity contribution >= 4 is 23.7 Å². The average Bonchev–Trinajstić information content (AvgIpc) is 2.04. The Morgan fingerprint density at radius 2 is 2.08 bits per heavy atom. The van der Waals surface area contributed by atoms with Crippen LogP contribution in [0.1, 0.15) is 33.2 Å². The molecule has 0 amide bonds. The van der Waals surface area contributed by atoms with E-state index in [2.05, 4.69) is 0 Å². The van der Waals surface area contributed by atoms with Gasteiger partial charge in [-0.1, -0.05) is 17.7 Å². The Morgan fingerprint density at radius 3 is 2.54 bits per heavy atom. The average molecular weight is 197 g/mol. The van der Waals surface area contributed by atoms with Crippen LogP contribution in [0, 0.1) is 6.92 Å². The first-order valence-electron chi connectivity index (χ1n) is 3.83. The third-order valence-corrected chi connectivity index (χ3v) is 2.27. The molecule has 1 rings (SSSR count). The number of hydrogen-bond acceptors (Lipinski definition) is 2. The Balaban J connectivity index is 3.47. The van der Waals surface area contributed by atoms with Crippen molar-refractivity contribution in [2.45, 2.75) is 13.8 Å². The van der Waals surface area contributed by atoms with Gasteiger partial charge in [0.15, 0.2) is 12.1 Å². The quantitative estimate of drug-likeness (QED) is 0.538. The molecule has 0 aliphatic heterocycles. The summed E-state index contributed by atoms with van der Waals surface area (Å²) in [6.45, 7) is 3.22. The SMILES string of the molecule is CC(=O)c1c(C)ccc(C=O)c1Cl.